The standard InChI is InChI=1S/C15H24N2S/c1-12-13(16)7-6-8-14(12)17-11-15(18-2)9-4-3-5-10-15/h6-8,17H,3-5,9-11,16H2,1-2H3. The second-order valence-electron chi connectivity index (χ2n) is 5.32. The van der Waals surface area contributed by atoms with Crippen LogP contribution in [0.2, 0.25) is 0 Å². The van der Waals surface area contributed by atoms with Crippen LogP contribution in [0.15, 0.2) is 18.2 Å². The largest absolute Gasteiger partial charge is 0.398 e. The molecule has 0 saturated heterocycles. The smallest absolute Gasteiger partial charge is 0.0391 e. The van der Waals surface area contributed by atoms with Gasteiger partial charge in [0.05, 0.1) is 0 Å². The topological polar surface area (TPSA) is 38.0 Å². The van der Waals surface area contributed by atoms with Crippen LogP contribution in [0.25, 0.3) is 0 Å². The van der Waals surface area contributed by atoms with Crippen molar-refractivity contribution in [1.29, 1.82) is 0 Å². The number of hydrogen-bond acceptors (Lipinski definition) is 3. The van der Waals surface area contributed by atoms with Gasteiger partial charge in [0.15, 0.2) is 0 Å². The van der Waals surface area contributed by atoms with Crippen molar-refractivity contribution < 1.29 is 0 Å². The number of nitrogens with two attached hydrogens (primary N) is 1. The molecule has 0 aromatic heterocycles. The van der Waals surface area contributed by atoms with Crippen LogP contribution in [-0.2, 0) is 0 Å². The molecule has 0 heterocycles. The minimum absolute atomic E-state index is 0.426. The second kappa shape index (κ2) is 5.87. The van der Waals surface area contributed by atoms with E-state index in [1.54, 1.807) is 0 Å². The second-order valence-corrected chi connectivity index (χ2v) is 6.60. The zero-order valence-corrected chi connectivity index (χ0v) is 12.3. The lowest BCUT2D eigenvalue weighted by Crippen LogP contribution is -2.35. The summed E-state index contributed by atoms with van der Waals surface area (Å²) in [6.45, 7) is 3.14. The SMILES string of the molecule is CSC1(CNc2cccc(N)c2C)CCCCC1. The number of hydrogen-bond donors (Lipinski definition) is 2. The summed E-state index contributed by atoms with van der Waals surface area (Å²) in [7, 11) is 0. The highest BCUT2D eigenvalue weighted by atomic mass is 32.2. The van der Waals surface area contributed by atoms with Crippen LogP contribution in [0, 0.1) is 6.92 Å². The van der Waals surface area contributed by atoms with Gasteiger partial charge in [-0.1, -0.05) is 25.3 Å². The maximum absolute atomic E-state index is 5.95. The zero-order chi connectivity index (χ0) is 13.0. The van der Waals surface area contributed by atoms with Crippen molar-refractivity contribution in [2.75, 3.05) is 23.9 Å². The molecule has 0 spiro atoms. The van der Waals surface area contributed by atoms with Crippen molar-refractivity contribution in [2.24, 2.45) is 0 Å². The molecule has 1 aromatic carbocycles. The molecule has 2 nitrogen and oxygen atoms in total. The molecule has 3 N–H and O–H groups in total. The van der Waals surface area contributed by atoms with Gasteiger partial charge in [0.25, 0.3) is 0 Å². The van der Waals surface area contributed by atoms with E-state index < -0.39 is 0 Å². The first-order valence-corrected chi connectivity index (χ1v) is 8.03. The van der Waals surface area contributed by atoms with E-state index >= 15 is 0 Å². The Labute approximate surface area is 115 Å². The monoisotopic (exact) mass is 264 g/mol. The van der Waals surface area contributed by atoms with Gasteiger partial charge in [-0.3, -0.25) is 0 Å². The molecular formula is C15H24N2S. The summed E-state index contributed by atoms with van der Waals surface area (Å²) in [5, 5.41) is 3.61. The molecule has 100 valence electrons. The van der Waals surface area contributed by atoms with Gasteiger partial charge in [0.2, 0.25) is 0 Å². The molecule has 1 aromatic rings. The third-order valence-electron chi connectivity index (χ3n) is 4.17. The normalized spacial score (nSPS) is 18.6. The highest BCUT2D eigenvalue weighted by Gasteiger charge is 2.30. The molecule has 0 amide bonds. The van der Waals surface area contributed by atoms with E-state index in [1.807, 2.05) is 23.9 Å². The molecule has 0 radical (unpaired) electrons. The van der Waals surface area contributed by atoms with Crippen LogP contribution in [-0.4, -0.2) is 17.5 Å². The minimum Gasteiger partial charge on any atom is -0.398 e. The first-order valence-electron chi connectivity index (χ1n) is 6.81. The highest BCUT2D eigenvalue weighted by Crippen LogP contribution is 2.38. The van der Waals surface area contributed by atoms with Gasteiger partial charge in [-0.05, 0) is 43.7 Å². The molecule has 0 bridgehead atoms. The number of thioether (sulfide) groups is 1. The molecule has 0 aliphatic heterocycles. The molecule has 1 fully saturated rings. The Balaban J connectivity index is 2.03. The molecule has 3 heteroatoms. The predicted molar refractivity (Wildman–Crippen MR) is 83.4 cm³/mol. The molecule has 1 aliphatic rings. The Morgan fingerprint density at radius 1 is 1.28 bits per heavy atom. The maximum Gasteiger partial charge on any atom is 0.0391 e. The number of anilines is 2. The lowest BCUT2D eigenvalue weighted by Gasteiger charge is -2.36. The summed E-state index contributed by atoms with van der Waals surface area (Å²) in [6, 6.07) is 6.12. The lowest BCUT2D eigenvalue weighted by molar-refractivity contribution is 0.411. The van der Waals surface area contributed by atoms with Crippen LogP contribution in [0.1, 0.15) is 37.7 Å². The quantitative estimate of drug-likeness (QED) is 0.806. The molecule has 18 heavy (non-hydrogen) atoms. The van der Waals surface area contributed by atoms with Crippen molar-refractivity contribution in [3.8, 4) is 0 Å². The van der Waals surface area contributed by atoms with Gasteiger partial charge < -0.3 is 11.1 Å². The van der Waals surface area contributed by atoms with E-state index in [1.165, 1.54) is 43.4 Å². The maximum atomic E-state index is 5.95. The number of nitrogen functional groups attached to an aromatic ring is 1. The van der Waals surface area contributed by atoms with E-state index in [-0.39, 0.29) is 0 Å². The summed E-state index contributed by atoms with van der Waals surface area (Å²) >= 11 is 2.03. The molecule has 1 saturated carbocycles. The summed E-state index contributed by atoms with van der Waals surface area (Å²) in [6.07, 6.45) is 9.07. The fourth-order valence-electron chi connectivity index (χ4n) is 2.75. The molecule has 1 aliphatic carbocycles. The Morgan fingerprint density at radius 3 is 2.67 bits per heavy atom. The third-order valence-corrected chi connectivity index (χ3v) is 5.59. The van der Waals surface area contributed by atoms with Crippen molar-refractivity contribution in [3.63, 3.8) is 0 Å². The highest BCUT2D eigenvalue weighted by molar-refractivity contribution is 8.00. The number of rotatable bonds is 4. The van der Waals surface area contributed by atoms with Crippen molar-refractivity contribution in [3.05, 3.63) is 23.8 Å². The predicted octanol–water partition coefficient (Wildman–Crippen LogP) is 4.06. The van der Waals surface area contributed by atoms with E-state index in [0.717, 1.165) is 12.2 Å². The first-order chi connectivity index (χ1) is 8.67. The Morgan fingerprint density at radius 2 is 2.00 bits per heavy atom. The van der Waals surface area contributed by atoms with Crippen LogP contribution < -0.4 is 11.1 Å². The van der Waals surface area contributed by atoms with Crippen LogP contribution in [0.3, 0.4) is 0 Å². The summed E-state index contributed by atoms with van der Waals surface area (Å²) in [5.74, 6) is 0. The van der Waals surface area contributed by atoms with Gasteiger partial charge in [-0.2, -0.15) is 11.8 Å². The fourth-order valence-corrected chi connectivity index (χ4v) is 3.66. The molecule has 0 atom stereocenters. The zero-order valence-electron chi connectivity index (χ0n) is 11.5. The minimum atomic E-state index is 0.426. The summed E-state index contributed by atoms with van der Waals surface area (Å²) < 4.78 is 0.426. The number of benzene rings is 1. The van der Waals surface area contributed by atoms with E-state index in [2.05, 4.69) is 24.6 Å². The van der Waals surface area contributed by atoms with Crippen LogP contribution >= 0.6 is 11.8 Å². The van der Waals surface area contributed by atoms with E-state index in [0.29, 0.717) is 4.75 Å². The van der Waals surface area contributed by atoms with E-state index in [9.17, 15) is 0 Å². The van der Waals surface area contributed by atoms with Gasteiger partial charge >= 0.3 is 0 Å². The van der Waals surface area contributed by atoms with Crippen LogP contribution in [0.5, 0.6) is 0 Å². The van der Waals surface area contributed by atoms with Gasteiger partial charge in [-0.15, -0.1) is 0 Å². The van der Waals surface area contributed by atoms with Crippen LogP contribution in [0.4, 0.5) is 11.4 Å². The van der Waals surface area contributed by atoms with Crippen molar-refractivity contribution >= 4 is 23.1 Å². The number of nitrogens with one attached hydrogen (secondary N) is 1. The van der Waals surface area contributed by atoms with Gasteiger partial charge in [-0.25, -0.2) is 0 Å². The molecule has 2 rings (SSSR count). The summed E-state index contributed by atoms with van der Waals surface area (Å²) in [5.41, 5.74) is 9.19. The average Bonchev–Trinajstić information content (AvgIpc) is 2.41. The molecular weight excluding hydrogens is 240 g/mol. The Hall–Kier alpha value is -0.830. The van der Waals surface area contributed by atoms with Crippen molar-refractivity contribution in [1.82, 2.24) is 0 Å². The summed E-state index contributed by atoms with van der Waals surface area (Å²) in [4.78, 5) is 0. The molecule has 0 unspecified atom stereocenters. The lowest BCUT2D eigenvalue weighted by atomic mass is 9.88. The van der Waals surface area contributed by atoms with E-state index in [4.69, 9.17) is 5.73 Å². The van der Waals surface area contributed by atoms with Crippen molar-refractivity contribution in [2.45, 2.75) is 43.8 Å². The third kappa shape index (κ3) is 2.94. The van der Waals surface area contributed by atoms with Gasteiger partial charge in [0.1, 0.15) is 0 Å². The average molecular weight is 264 g/mol. The first kappa shape index (κ1) is 13.6. The Kier molecular flexibility index (Phi) is 4.44. The fraction of sp³-hybridized carbons (Fsp3) is 0.600. The van der Waals surface area contributed by atoms with Gasteiger partial charge in [0, 0.05) is 22.7 Å². The Bertz CT molecular complexity index is 397.